The average molecular weight is 246 g/mol. The highest BCUT2D eigenvalue weighted by molar-refractivity contribution is 9.09. The van der Waals surface area contributed by atoms with E-state index in [1.165, 1.54) is 12.1 Å². The molecule has 0 radical (unpaired) electrons. The van der Waals surface area contributed by atoms with Crippen molar-refractivity contribution in [3.8, 4) is 0 Å². The molecule has 13 heavy (non-hydrogen) atoms. The summed E-state index contributed by atoms with van der Waals surface area (Å²) in [6.07, 6.45) is -0.610. The fourth-order valence-electron chi connectivity index (χ4n) is 0.907. The minimum Gasteiger partial charge on any atom is -0.388 e. The summed E-state index contributed by atoms with van der Waals surface area (Å²) in [5.74, 6) is 0. The highest BCUT2D eigenvalue weighted by Crippen LogP contribution is 2.18. The molecule has 0 aliphatic rings. The van der Waals surface area contributed by atoms with Crippen molar-refractivity contribution in [3.05, 3.63) is 39.9 Å². The number of aliphatic hydroxyl groups excluding tert-OH is 1. The lowest BCUT2D eigenvalue weighted by Gasteiger charge is -2.05. The van der Waals surface area contributed by atoms with Gasteiger partial charge in [-0.1, -0.05) is 15.9 Å². The molecule has 0 saturated carbocycles. The third kappa shape index (κ3) is 2.50. The number of nitro benzene ring substituents is 1. The molecule has 0 spiro atoms. The van der Waals surface area contributed by atoms with Crippen LogP contribution in [0.2, 0.25) is 0 Å². The minimum atomic E-state index is -0.610. The van der Waals surface area contributed by atoms with Gasteiger partial charge >= 0.3 is 0 Å². The number of nitro groups is 1. The van der Waals surface area contributed by atoms with Crippen LogP contribution < -0.4 is 0 Å². The zero-order valence-electron chi connectivity index (χ0n) is 6.68. The Bertz CT molecular complexity index is 299. The van der Waals surface area contributed by atoms with Gasteiger partial charge in [0.1, 0.15) is 0 Å². The predicted molar refractivity (Wildman–Crippen MR) is 51.9 cm³/mol. The first-order valence-electron chi connectivity index (χ1n) is 3.63. The molecule has 0 aliphatic carbocycles. The van der Waals surface area contributed by atoms with Gasteiger partial charge in [-0.15, -0.1) is 0 Å². The van der Waals surface area contributed by atoms with Crippen molar-refractivity contribution in [2.24, 2.45) is 0 Å². The first-order valence-corrected chi connectivity index (χ1v) is 4.75. The number of rotatable bonds is 3. The third-order valence-electron chi connectivity index (χ3n) is 1.63. The number of benzene rings is 1. The molecule has 0 heterocycles. The summed E-state index contributed by atoms with van der Waals surface area (Å²) in [5, 5.41) is 20.0. The van der Waals surface area contributed by atoms with Gasteiger partial charge < -0.3 is 5.11 Å². The van der Waals surface area contributed by atoms with E-state index in [9.17, 15) is 15.2 Å². The molecular formula is C8H8BrNO3. The molecular weight excluding hydrogens is 238 g/mol. The quantitative estimate of drug-likeness (QED) is 0.504. The Morgan fingerprint density at radius 2 is 2.00 bits per heavy atom. The molecule has 0 aliphatic heterocycles. The van der Waals surface area contributed by atoms with Crippen molar-refractivity contribution in [2.75, 3.05) is 5.33 Å². The van der Waals surface area contributed by atoms with E-state index in [1.807, 2.05) is 0 Å². The van der Waals surface area contributed by atoms with E-state index in [2.05, 4.69) is 15.9 Å². The van der Waals surface area contributed by atoms with Crippen molar-refractivity contribution in [1.29, 1.82) is 0 Å². The summed E-state index contributed by atoms with van der Waals surface area (Å²) in [4.78, 5) is 9.82. The molecule has 1 rings (SSSR count). The lowest BCUT2D eigenvalue weighted by molar-refractivity contribution is -0.384. The molecule has 0 fully saturated rings. The first kappa shape index (κ1) is 10.1. The Morgan fingerprint density at radius 3 is 2.38 bits per heavy atom. The van der Waals surface area contributed by atoms with E-state index in [0.717, 1.165) is 0 Å². The number of aliphatic hydroxyl groups is 1. The van der Waals surface area contributed by atoms with Crippen molar-refractivity contribution in [2.45, 2.75) is 6.10 Å². The molecule has 0 aromatic heterocycles. The second kappa shape index (κ2) is 4.34. The molecule has 1 atom stereocenters. The maximum atomic E-state index is 10.3. The van der Waals surface area contributed by atoms with Gasteiger partial charge in [0.25, 0.3) is 5.69 Å². The summed E-state index contributed by atoms with van der Waals surface area (Å²) in [7, 11) is 0. The Balaban J connectivity index is 2.87. The third-order valence-corrected chi connectivity index (χ3v) is 2.25. The molecule has 0 amide bonds. The Kier molecular flexibility index (Phi) is 3.39. The second-order valence-electron chi connectivity index (χ2n) is 2.52. The van der Waals surface area contributed by atoms with Crippen LogP contribution in [0.5, 0.6) is 0 Å². The largest absolute Gasteiger partial charge is 0.388 e. The van der Waals surface area contributed by atoms with Crippen LogP contribution in [-0.4, -0.2) is 15.4 Å². The van der Waals surface area contributed by atoms with Gasteiger partial charge in [0.15, 0.2) is 0 Å². The minimum absolute atomic E-state index is 0.0329. The fraction of sp³-hybridized carbons (Fsp3) is 0.250. The molecule has 1 N–H and O–H groups in total. The van der Waals surface area contributed by atoms with Crippen LogP contribution in [0.4, 0.5) is 5.69 Å². The van der Waals surface area contributed by atoms with Crippen molar-refractivity contribution in [3.63, 3.8) is 0 Å². The van der Waals surface area contributed by atoms with Crippen LogP contribution in [0, 0.1) is 10.1 Å². The number of non-ortho nitro benzene ring substituents is 1. The van der Waals surface area contributed by atoms with Crippen LogP contribution in [0.1, 0.15) is 11.7 Å². The molecule has 5 heteroatoms. The number of halogens is 1. The highest BCUT2D eigenvalue weighted by Gasteiger charge is 2.08. The van der Waals surface area contributed by atoms with E-state index in [-0.39, 0.29) is 5.69 Å². The lowest BCUT2D eigenvalue weighted by Crippen LogP contribution is -1.98. The maximum Gasteiger partial charge on any atom is 0.269 e. The fourth-order valence-corrected chi connectivity index (χ4v) is 1.28. The van der Waals surface area contributed by atoms with Gasteiger partial charge in [0.2, 0.25) is 0 Å². The second-order valence-corrected chi connectivity index (χ2v) is 3.17. The van der Waals surface area contributed by atoms with Crippen LogP contribution in [0.3, 0.4) is 0 Å². The SMILES string of the molecule is O=[N+]([O-])c1ccc([C@@H](O)CBr)cc1. The Labute approximate surface area is 83.5 Å². The van der Waals surface area contributed by atoms with E-state index < -0.39 is 11.0 Å². The smallest absolute Gasteiger partial charge is 0.269 e. The highest BCUT2D eigenvalue weighted by atomic mass is 79.9. The van der Waals surface area contributed by atoms with Gasteiger partial charge in [-0.25, -0.2) is 0 Å². The van der Waals surface area contributed by atoms with E-state index >= 15 is 0 Å². The predicted octanol–water partition coefficient (Wildman–Crippen LogP) is 2.02. The summed E-state index contributed by atoms with van der Waals surface area (Å²) in [6, 6.07) is 5.84. The summed E-state index contributed by atoms with van der Waals surface area (Å²) in [5.41, 5.74) is 0.702. The molecule has 0 bridgehead atoms. The molecule has 1 aromatic carbocycles. The average Bonchev–Trinajstić information content (AvgIpc) is 2.17. The van der Waals surface area contributed by atoms with Gasteiger partial charge in [-0.3, -0.25) is 10.1 Å². The standard InChI is InChI=1S/C8H8BrNO3/c9-5-8(11)6-1-3-7(4-2-6)10(12)13/h1-4,8,11H,5H2/t8-/m0/s1. The molecule has 0 unspecified atom stereocenters. The molecule has 4 nitrogen and oxygen atoms in total. The number of nitrogens with zero attached hydrogens (tertiary/aromatic N) is 1. The maximum absolute atomic E-state index is 10.3. The Hall–Kier alpha value is -0.940. The molecule has 70 valence electrons. The van der Waals surface area contributed by atoms with Crippen LogP contribution >= 0.6 is 15.9 Å². The normalized spacial score (nSPS) is 12.5. The number of alkyl halides is 1. The van der Waals surface area contributed by atoms with Crippen molar-refractivity contribution in [1.82, 2.24) is 0 Å². The van der Waals surface area contributed by atoms with Crippen molar-refractivity contribution < 1.29 is 10.0 Å². The summed E-state index contributed by atoms with van der Waals surface area (Å²) in [6.45, 7) is 0. The summed E-state index contributed by atoms with van der Waals surface area (Å²) >= 11 is 3.12. The molecule has 1 aromatic rings. The zero-order chi connectivity index (χ0) is 9.84. The lowest BCUT2D eigenvalue weighted by atomic mass is 10.1. The van der Waals surface area contributed by atoms with E-state index in [4.69, 9.17) is 0 Å². The van der Waals surface area contributed by atoms with Gasteiger partial charge in [0, 0.05) is 17.5 Å². The van der Waals surface area contributed by atoms with E-state index in [1.54, 1.807) is 12.1 Å². The molecule has 0 saturated heterocycles. The monoisotopic (exact) mass is 245 g/mol. The van der Waals surface area contributed by atoms with Gasteiger partial charge in [0.05, 0.1) is 11.0 Å². The van der Waals surface area contributed by atoms with Crippen LogP contribution in [-0.2, 0) is 0 Å². The topological polar surface area (TPSA) is 63.4 Å². The van der Waals surface area contributed by atoms with E-state index in [0.29, 0.717) is 10.9 Å². The van der Waals surface area contributed by atoms with Gasteiger partial charge in [-0.05, 0) is 17.7 Å². The first-order chi connectivity index (χ1) is 6.15. The zero-order valence-corrected chi connectivity index (χ0v) is 8.27. The summed E-state index contributed by atoms with van der Waals surface area (Å²) < 4.78 is 0. The van der Waals surface area contributed by atoms with Crippen LogP contribution in [0.25, 0.3) is 0 Å². The van der Waals surface area contributed by atoms with Crippen LogP contribution in [0.15, 0.2) is 24.3 Å². The van der Waals surface area contributed by atoms with Gasteiger partial charge in [-0.2, -0.15) is 0 Å². The Morgan fingerprint density at radius 1 is 1.46 bits per heavy atom. The number of hydrogen-bond donors (Lipinski definition) is 1. The number of hydrogen-bond acceptors (Lipinski definition) is 3. The van der Waals surface area contributed by atoms with Crippen molar-refractivity contribution >= 4 is 21.6 Å².